The minimum atomic E-state index is -0.0111. The number of methoxy groups -OCH3 is 1. The molecule has 0 bridgehead atoms. The van der Waals surface area contributed by atoms with Crippen molar-refractivity contribution < 1.29 is 9.53 Å². The maximum Gasteiger partial charge on any atom is 0.230 e. The smallest absolute Gasteiger partial charge is 0.230 e. The second-order valence-corrected chi connectivity index (χ2v) is 7.73. The third kappa shape index (κ3) is 5.66. The average Bonchev–Trinajstić information content (AvgIpc) is 3.34. The fraction of sp³-hybridized carbons (Fsp3) is 0.316. The van der Waals surface area contributed by atoms with Gasteiger partial charge in [-0.2, -0.15) is 0 Å². The van der Waals surface area contributed by atoms with Crippen LogP contribution in [0.3, 0.4) is 0 Å². The molecular formula is C19H22N4O2S2. The van der Waals surface area contributed by atoms with E-state index >= 15 is 0 Å². The van der Waals surface area contributed by atoms with E-state index in [-0.39, 0.29) is 5.91 Å². The lowest BCUT2D eigenvalue weighted by atomic mass is 10.2. The summed E-state index contributed by atoms with van der Waals surface area (Å²) in [7, 11) is 1.66. The largest absolute Gasteiger partial charge is 0.385 e. The number of hydrogen-bond donors (Lipinski definition) is 1. The topological polar surface area (TPSA) is 69.0 Å². The summed E-state index contributed by atoms with van der Waals surface area (Å²) in [6.07, 6.45) is 0.805. The van der Waals surface area contributed by atoms with Crippen LogP contribution in [0.1, 0.15) is 12.0 Å². The van der Waals surface area contributed by atoms with Crippen molar-refractivity contribution in [2.45, 2.75) is 18.1 Å². The van der Waals surface area contributed by atoms with E-state index in [1.54, 1.807) is 18.4 Å². The summed E-state index contributed by atoms with van der Waals surface area (Å²) >= 11 is 3.04. The first kappa shape index (κ1) is 19.6. The molecule has 6 nitrogen and oxygen atoms in total. The predicted octanol–water partition coefficient (Wildman–Crippen LogP) is 3.30. The lowest BCUT2D eigenvalue weighted by Gasteiger charge is -2.10. The molecule has 0 saturated carbocycles. The molecule has 27 heavy (non-hydrogen) atoms. The quantitative estimate of drug-likeness (QED) is 0.416. The summed E-state index contributed by atoms with van der Waals surface area (Å²) in [5.41, 5.74) is 1.17. The number of nitrogens with one attached hydrogen (secondary N) is 1. The number of aromatic nitrogens is 3. The predicted molar refractivity (Wildman–Crippen MR) is 109 cm³/mol. The SMILES string of the molecule is COCCCNC(=O)CSc1nnc(-c2cccs2)n1Cc1ccccc1. The summed E-state index contributed by atoms with van der Waals surface area (Å²) in [6, 6.07) is 14.2. The number of nitrogens with zero attached hydrogens (tertiary/aromatic N) is 3. The molecule has 3 rings (SSSR count). The van der Waals surface area contributed by atoms with Gasteiger partial charge in [0.25, 0.3) is 0 Å². The Bertz CT molecular complexity index is 835. The van der Waals surface area contributed by atoms with Gasteiger partial charge in [0.2, 0.25) is 5.91 Å². The molecule has 0 radical (unpaired) electrons. The lowest BCUT2D eigenvalue weighted by molar-refractivity contribution is -0.118. The maximum atomic E-state index is 12.1. The molecule has 1 amide bonds. The molecule has 0 saturated heterocycles. The Morgan fingerprint density at radius 2 is 2.07 bits per heavy atom. The minimum Gasteiger partial charge on any atom is -0.385 e. The Morgan fingerprint density at radius 3 is 2.81 bits per heavy atom. The van der Waals surface area contributed by atoms with Crippen molar-refractivity contribution in [3.05, 3.63) is 53.4 Å². The van der Waals surface area contributed by atoms with Gasteiger partial charge in [0.1, 0.15) is 0 Å². The zero-order valence-corrected chi connectivity index (χ0v) is 16.8. The van der Waals surface area contributed by atoms with Crippen molar-refractivity contribution in [2.75, 3.05) is 26.0 Å². The molecule has 2 heterocycles. The third-order valence-corrected chi connectivity index (χ3v) is 5.65. The van der Waals surface area contributed by atoms with Crippen molar-refractivity contribution in [2.24, 2.45) is 0 Å². The van der Waals surface area contributed by atoms with Crippen LogP contribution in [0.4, 0.5) is 0 Å². The van der Waals surface area contributed by atoms with E-state index in [0.29, 0.717) is 25.4 Å². The molecule has 3 aromatic rings. The number of ether oxygens (including phenoxy) is 1. The Kier molecular flexibility index (Phi) is 7.44. The number of amides is 1. The first-order valence-electron chi connectivity index (χ1n) is 8.67. The second kappa shape index (κ2) is 10.2. The Hall–Kier alpha value is -2.16. The summed E-state index contributed by atoms with van der Waals surface area (Å²) in [4.78, 5) is 13.1. The highest BCUT2D eigenvalue weighted by Crippen LogP contribution is 2.28. The van der Waals surface area contributed by atoms with Crippen LogP contribution in [0, 0.1) is 0 Å². The molecule has 0 fully saturated rings. The van der Waals surface area contributed by atoms with Crippen LogP contribution in [-0.2, 0) is 16.1 Å². The van der Waals surface area contributed by atoms with Gasteiger partial charge in [-0.05, 0) is 23.4 Å². The van der Waals surface area contributed by atoms with Gasteiger partial charge in [-0.3, -0.25) is 9.36 Å². The molecule has 142 valence electrons. The number of rotatable bonds is 10. The standard InChI is InChI=1S/C19H22N4O2S2/c1-25-11-6-10-20-17(24)14-27-19-22-21-18(16-9-5-12-26-16)23(19)13-15-7-3-2-4-8-15/h2-5,7-9,12H,6,10-11,13-14H2,1H3,(H,20,24). The summed E-state index contributed by atoms with van der Waals surface area (Å²) in [6.45, 7) is 1.92. The van der Waals surface area contributed by atoms with E-state index in [1.165, 1.54) is 17.3 Å². The molecule has 0 aliphatic heterocycles. The van der Waals surface area contributed by atoms with Gasteiger partial charge >= 0.3 is 0 Å². The molecule has 2 aromatic heterocycles. The van der Waals surface area contributed by atoms with Crippen LogP contribution in [0.25, 0.3) is 10.7 Å². The van der Waals surface area contributed by atoms with Crippen LogP contribution >= 0.6 is 23.1 Å². The first-order chi connectivity index (χ1) is 13.3. The van der Waals surface area contributed by atoms with Crippen molar-refractivity contribution >= 4 is 29.0 Å². The molecule has 1 N–H and O–H groups in total. The van der Waals surface area contributed by atoms with E-state index < -0.39 is 0 Å². The fourth-order valence-electron chi connectivity index (χ4n) is 2.52. The molecule has 0 spiro atoms. The number of thiophene rings is 1. The van der Waals surface area contributed by atoms with Gasteiger partial charge < -0.3 is 10.1 Å². The first-order valence-corrected chi connectivity index (χ1v) is 10.5. The summed E-state index contributed by atoms with van der Waals surface area (Å²) in [5, 5.41) is 14.4. The monoisotopic (exact) mass is 402 g/mol. The van der Waals surface area contributed by atoms with Crippen molar-refractivity contribution in [1.29, 1.82) is 0 Å². The Balaban J connectivity index is 1.70. The highest BCUT2D eigenvalue weighted by Gasteiger charge is 2.16. The van der Waals surface area contributed by atoms with E-state index in [1.807, 2.05) is 35.7 Å². The molecule has 0 aliphatic carbocycles. The maximum absolute atomic E-state index is 12.1. The Labute approximate surface area is 167 Å². The van der Waals surface area contributed by atoms with Gasteiger partial charge in [-0.15, -0.1) is 21.5 Å². The van der Waals surface area contributed by atoms with Gasteiger partial charge in [0.15, 0.2) is 11.0 Å². The van der Waals surface area contributed by atoms with Crippen LogP contribution in [0.2, 0.25) is 0 Å². The normalized spacial score (nSPS) is 10.9. The van der Waals surface area contributed by atoms with Gasteiger partial charge in [-0.25, -0.2) is 0 Å². The molecular weight excluding hydrogens is 380 g/mol. The van der Waals surface area contributed by atoms with Gasteiger partial charge in [0.05, 0.1) is 17.2 Å². The van der Waals surface area contributed by atoms with E-state index in [0.717, 1.165) is 22.3 Å². The van der Waals surface area contributed by atoms with Crippen LogP contribution < -0.4 is 5.32 Å². The average molecular weight is 403 g/mol. The van der Waals surface area contributed by atoms with Gasteiger partial charge in [0, 0.05) is 20.3 Å². The number of carbonyl (C=O) groups is 1. The van der Waals surface area contributed by atoms with E-state index in [9.17, 15) is 4.79 Å². The van der Waals surface area contributed by atoms with Crippen molar-refractivity contribution in [1.82, 2.24) is 20.1 Å². The number of hydrogen-bond acceptors (Lipinski definition) is 6. The summed E-state index contributed by atoms with van der Waals surface area (Å²) < 4.78 is 7.06. The van der Waals surface area contributed by atoms with Gasteiger partial charge in [-0.1, -0.05) is 48.2 Å². The van der Waals surface area contributed by atoms with E-state index in [2.05, 4.69) is 32.2 Å². The Morgan fingerprint density at radius 1 is 1.22 bits per heavy atom. The van der Waals surface area contributed by atoms with Crippen LogP contribution in [0.15, 0.2) is 53.0 Å². The van der Waals surface area contributed by atoms with Crippen LogP contribution in [-0.4, -0.2) is 46.7 Å². The highest BCUT2D eigenvalue weighted by molar-refractivity contribution is 7.99. The molecule has 8 heteroatoms. The molecule has 0 aliphatic rings. The number of benzene rings is 1. The molecule has 1 aromatic carbocycles. The van der Waals surface area contributed by atoms with Crippen molar-refractivity contribution in [3.63, 3.8) is 0 Å². The highest BCUT2D eigenvalue weighted by atomic mass is 32.2. The van der Waals surface area contributed by atoms with Crippen LogP contribution in [0.5, 0.6) is 0 Å². The lowest BCUT2D eigenvalue weighted by Crippen LogP contribution is -2.27. The number of thioether (sulfide) groups is 1. The third-order valence-electron chi connectivity index (χ3n) is 3.82. The fourth-order valence-corrected chi connectivity index (χ4v) is 4.00. The molecule has 0 unspecified atom stereocenters. The summed E-state index contributed by atoms with van der Waals surface area (Å²) in [5.74, 6) is 1.13. The van der Waals surface area contributed by atoms with E-state index in [4.69, 9.17) is 4.74 Å². The van der Waals surface area contributed by atoms with Crippen molar-refractivity contribution in [3.8, 4) is 10.7 Å². The molecule has 0 atom stereocenters. The minimum absolute atomic E-state index is 0.0111. The second-order valence-electron chi connectivity index (χ2n) is 5.84. The number of carbonyl (C=O) groups excluding carboxylic acids is 1. The zero-order valence-electron chi connectivity index (χ0n) is 15.1. The zero-order chi connectivity index (χ0) is 18.9.